The fourth-order valence-corrected chi connectivity index (χ4v) is 4.70. The number of benzene rings is 2. The molecule has 0 N–H and O–H groups in total. The Hall–Kier alpha value is -1.70. The van der Waals surface area contributed by atoms with Gasteiger partial charge in [-0.15, -0.1) is 12.4 Å². The minimum atomic E-state index is -0.0748. The number of carbonyl (C=O) groups is 1. The van der Waals surface area contributed by atoms with Gasteiger partial charge in [-0.2, -0.15) is 0 Å². The molecule has 1 saturated heterocycles. The second-order valence-electron chi connectivity index (χ2n) is 7.27. The van der Waals surface area contributed by atoms with E-state index in [2.05, 4.69) is 30.9 Å². The fourth-order valence-electron chi connectivity index (χ4n) is 3.46. The predicted molar refractivity (Wildman–Crippen MR) is 127 cm³/mol. The standard InChI is InChI=1S/C22H24ClN3O2S.ClH/c1-15-6-7-19-20(16(15)2)24-22(29-19)26(9-8-25-10-12-28-13-11-25)21(27)17-4-3-5-18(23)14-17;/h3-7,14H,8-13H2,1-2H3;1H. The Balaban J connectivity index is 0.00000256. The lowest BCUT2D eigenvalue weighted by Gasteiger charge is -2.29. The fraction of sp³-hybridized carbons (Fsp3) is 0.364. The quantitative estimate of drug-likeness (QED) is 0.533. The van der Waals surface area contributed by atoms with Gasteiger partial charge in [0.25, 0.3) is 5.91 Å². The first-order chi connectivity index (χ1) is 14.0. The van der Waals surface area contributed by atoms with E-state index in [9.17, 15) is 4.79 Å². The van der Waals surface area contributed by atoms with E-state index in [1.54, 1.807) is 34.4 Å². The van der Waals surface area contributed by atoms with Gasteiger partial charge in [0.1, 0.15) is 0 Å². The van der Waals surface area contributed by atoms with E-state index >= 15 is 0 Å². The number of carbonyl (C=O) groups excluding carboxylic acids is 1. The van der Waals surface area contributed by atoms with Crippen molar-refractivity contribution in [2.24, 2.45) is 0 Å². The molecule has 1 aromatic heterocycles. The summed E-state index contributed by atoms with van der Waals surface area (Å²) in [5.41, 5.74) is 3.91. The van der Waals surface area contributed by atoms with Crippen molar-refractivity contribution in [1.82, 2.24) is 9.88 Å². The summed E-state index contributed by atoms with van der Waals surface area (Å²) in [5, 5.41) is 1.28. The largest absolute Gasteiger partial charge is 0.379 e. The van der Waals surface area contributed by atoms with Gasteiger partial charge in [0.15, 0.2) is 5.13 Å². The SMILES string of the molecule is Cc1ccc2sc(N(CCN3CCOCC3)C(=O)c3cccc(Cl)c3)nc2c1C.Cl. The van der Waals surface area contributed by atoms with Gasteiger partial charge in [0.2, 0.25) is 0 Å². The molecule has 0 spiro atoms. The monoisotopic (exact) mass is 465 g/mol. The molecule has 0 unspecified atom stereocenters. The van der Waals surface area contributed by atoms with Crippen LogP contribution < -0.4 is 4.90 Å². The van der Waals surface area contributed by atoms with Crippen molar-refractivity contribution in [1.29, 1.82) is 0 Å². The van der Waals surface area contributed by atoms with E-state index < -0.39 is 0 Å². The van der Waals surface area contributed by atoms with Crippen molar-refractivity contribution >= 4 is 56.6 Å². The summed E-state index contributed by atoms with van der Waals surface area (Å²) in [6, 6.07) is 11.3. The molecule has 30 heavy (non-hydrogen) atoms. The number of aryl methyl sites for hydroxylation is 2. The van der Waals surface area contributed by atoms with Crippen LogP contribution in [0.3, 0.4) is 0 Å². The zero-order valence-corrected chi connectivity index (χ0v) is 19.4. The molecule has 2 heterocycles. The van der Waals surface area contributed by atoms with Crippen LogP contribution >= 0.6 is 35.3 Å². The Morgan fingerprint density at radius 1 is 1.23 bits per heavy atom. The minimum Gasteiger partial charge on any atom is -0.379 e. The molecule has 0 saturated carbocycles. The molecule has 0 radical (unpaired) electrons. The summed E-state index contributed by atoms with van der Waals surface area (Å²) in [5.74, 6) is -0.0748. The van der Waals surface area contributed by atoms with E-state index in [0.717, 1.165) is 53.8 Å². The maximum Gasteiger partial charge on any atom is 0.260 e. The van der Waals surface area contributed by atoms with Gasteiger partial charge in [-0.05, 0) is 49.2 Å². The first-order valence-electron chi connectivity index (χ1n) is 9.77. The minimum absolute atomic E-state index is 0. The number of aromatic nitrogens is 1. The topological polar surface area (TPSA) is 45.7 Å². The van der Waals surface area contributed by atoms with Crippen LogP contribution in [0.5, 0.6) is 0 Å². The van der Waals surface area contributed by atoms with Crippen molar-refractivity contribution in [2.75, 3.05) is 44.3 Å². The van der Waals surface area contributed by atoms with Gasteiger partial charge in [-0.25, -0.2) is 4.98 Å². The number of thiazole rings is 1. The van der Waals surface area contributed by atoms with Crippen molar-refractivity contribution in [3.63, 3.8) is 0 Å². The van der Waals surface area contributed by atoms with Crippen LogP contribution in [0.2, 0.25) is 5.02 Å². The van der Waals surface area contributed by atoms with Crippen LogP contribution in [0.1, 0.15) is 21.5 Å². The van der Waals surface area contributed by atoms with Crippen LogP contribution in [0.4, 0.5) is 5.13 Å². The van der Waals surface area contributed by atoms with Crippen molar-refractivity contribution in [3.05, 3.63) is 58.1 Å². The molecular weight excluding hydrogens is 441 g/mol. The lowest BCUT2D eigenvalue weighted by molar-refractivity contribution is 0.0391. The maximum atomic E-state index is 13.4. The third kappa shape index (κ3) is 4.95. The molecule has 1 fully saturated rings. The Morgan fingerprint density at radius 3 is 2.73 bits per heavy atom. The van der Waals surface area contributed by atoms with Gasteiger partial charge in [-0.1, -0.05) is 35.1 Å². The summed E-state index contributed by atoms with van der Waals surface area (Å²) < 4.78 is 6.53. The Bertz CT molecular complexity index is 1030. The zero-order chi connectivity index (χ0) is 20.4. The Kier molecular flexibility index (Phi) is 7.71. The lowest BCUT2D eigenvalue weighted by Crippen LogP contribution is -2.43. The van der Waals surface area contributed by atoms with Crippen LogP contribution in [-0.2, 0) is 4.74 Å². The third-order valence-electron chi connectivity index (χ3n) is 5.36. The van der Waals surface area contributed by atoms with E-state index in [-0.39, 0.29) is 18.3 Å². The van der Waals surface area contributed by atoms with Crippen LogP contribution in [-0.4, -0.2) is 55.2 Å². The number of anilines is 1. The van der Waals surface area contributed by atoms with Crippen molar-refractivity contribution in [3.8, 4) is 0 Å². The molecule has 5 nitrogen and oxygen atoms in total. The molecule has 0 aliphatic carbocycles. The number of morpholine rings is 1. The summed E-state index contributed by atoms with van der Waals surface area (Å²) in [7, 11) is 0. The van der Waals surface area contributed by atoms with E-state index in [1.165, 1.54) is 5.56 Å². The summed E-state index contributed by atoms with van der Waals surface area (Å²) in [6.45, 7) is 8.77. The highest BCUT2D eigenvalue weighted by atomic mass is 35.5. The Labute approximate surface area is 192 Å². The van der Waals surface area contributed by atoms with Crippen LogP contribution in [0, 0.1) is 13.8 Å². The van der Waals surface area contributed by atoms with Gasteiger partial charge >= 0.3 is 0 Å². The molecule has 0 atom stereocenters. The molecule has 0 bridgehead atoms. The smallest absolute Gasteiger partial charge is 0.260 e. The number of hydrogen-bond acceptors (Lipinski definition) is 5. The zero-order valence-electron chi connectivity index (χ0n) is 17.1. The van der Waals surface area contributed by atoms with Crippen LogP contribution in [0.25, 0.3) is 10.2 Å². The highest BCUT2D eigenvalue weighted by molar-refractivity contribution is 7.22. The molecular formula is C22H25Cl2N3O2S. The third-order valence-corrected chi connectivity index (χ3v) is 6.64. The highest BCUT2D eigenvalue weighted by Crippen LogP contribution is 2.32. The molecule has 3 aromatic rings. The molecule has 1 aliphatic rings. The summed E-state index contributed by atoms with van der Waals surface area (Å²) >= 11 is 7.69. The second-order valence-corrected chi connectivity index (χ2v) is 8.72. The normalized spacial score (nSPS) is 14.5. The van der Waals surface area contributed by atoms with Gasteiger partial charge in [0.05, 0.1) is 23.4 Å². The maximum absolute atomic E-state index is 13.4. The summed E-state index contributed by atoms with van der Waals surface area (Å²) in [6.07, 6.45) is 0. The van der Waals surface area contributed by atoms with E-state index in [1.807, 2.05) is 6.07 Å². The molecule has 2 aromatic carbocycles. The number of ether oxygens (including phenoxy) is 1. The summed E-state index contributed by atoms with van der Waals surface area (Å²) in [4.78, 5) is 22.4. The number of fused-ring (bicyclic) bond motifs is 1. The van der Waals surface area contributed by atoms with Crippen LogP contribution in [0.15, 0.2) is 36.4 Å². The number of nitrogens with zero attached hydrogens (tertiary/aromatic N) is 3. The first kappa shape index (κ1) is 23.0. The van der Waals surface area contributed by atoms with Gasteiger partial charge in [-0.3, -0.25) is 14.6 Å². The molecule has 1 aliphatic heterocycles. The molecule has 1 amide bonds. The number of rotatable bonds is 5. The average molecular weight is 466 g/mol. The Morgan fingerprint density at radius 2 is 2.00 bits per heavy atom. The number of amides is 1. The van der Waals surface area contributed by atoms with Gasteiger partial charge < -0.3 is 4.74 Å². The first-order valence-corrected chi connectivity index (χ1v) is 11.0. The van der Waals surface area contributed by atoms with Crippen molar-refractivity contribution < 1.29 is 9.53 Å². The molecule has 160 valence electrons. The average Bonchev–Trinajstić information content (AvgIpc) is 3.16. The lowest BCUT2D eigenvalue weighted by atomic mass is 10.1. The van der Waals surface area contributed by atoms with E-state index in [0.29, 0.717) is 17.1 Å². The van der Waals surface area contributed by atoms with Gasteiger partial charge in [0, 0.05) is 36.8 Å². The number of halogens is 2. The van der Waals surface area contributed by atoms with Crippen molar-refractivity contribution in [2.45, 2.75) is 13.8 Å². The molecule has 4 rings (SSSR count). The number of hydrogen-bond donors (Lipinski definition) is 0. The highest BCUT2D eigenvalue weighted by Gasteiger charge is 2.23. The predicted octanol–water partition coefficient (Wildman–Crippen LogP) is 4.97. The van der Waals surface area contributed by atoms with E-state index in [4.69, 9.17) is 21.3 Å². The molecule has 8 heteroatoms. The second kappa shape index (κ2) is 10.1.